The number of esters is 1. The maximum absolute atomic E-state index is 11.6. The first-order valence-electron chi connectivity index (χ1n) is 5.88. The number of methoxy groups -OCH3 is 1. The second-order valence-corrected chi connectivity index (χ2v) is 4.22. The van der Waals surface area contributed by atoms with Crippen LogP contribution in [0.5, 0.6) is 0 Å². The third-order valence-electron chi connectivity index (χ3n) is 3.06. The number of nitrogens with zero attached hydrogens (tertiary/aromatic N) is 3. The van der Waals surface area contributed by atoms with Gasteiger partial charge in [0.15, 0.2) is 5.69 Å². The zero-order chi connectivity index (χ0) is 14.0. The molecule has 2 aromatic heterocycles. The highest BCUT2D eigenvalue weighted by Gasteiger charge is 2.22. The minimum Gasteiger partial charge on any atom is -0.464 e. The Morgan fingerprint density at radius 3 is 2.84 bits per heavy atom. The van der Waals surface area contributed by atoms with Gasteiger partial charge in [0, 0.05) is 12.4 Å². The van der Waals surface area contributed by atoms with Crippen LogP contribution in [0.4, 0.5) is 5.82 Å². The second-order valence-electron chi connectivity index (χ2n) is 4.22. The molecule has 0 fully saturated rings. The van der Waals surface area contributed by atoms with Crippen LogP contribution < -0.4 is 5.73 Å². The van der Waals surface area contributed by atoms with E-state index >= 15 is 0 Å². The lowest BCUT2D eigenvalue weighted by Gasteiger charge is -2.16. The van der Waals surface area contributed by atoms with Crippen LogP contribution in [-0.2, 0) is 4.74 Å². The fourth-order valence-electron chi connectivity index (χ4n) is 2.07. The van der Waals surface area contributed by atoms with Crippen molar-refractivity contribution in [2.24, 2.45) is 0 Å². The molecule has 100 valence electrons. The molecule has 19 heavy (non-hydrogen) atoms. The molecule has 2 N–H and O–H groups in total. The third-order valence-corrected chi connectivity index (χ3v) is 3.06. The molecule has 1 unspecified atom stereocenters. The highest BCUT2D eigenvalue weighted by atomic mass is 16.5. The van der Waals surface area contributed by atoms with Gasteiger partial charge in [-0.2, -0.15) is 0 Å². The number of pyridine rings is 1. The van der Waals surface area contributed by atoms with E-state index < -0.39 is 5.97 Å². The first kappa shape index (κ1) is 13.1. The normalized spacial score (nSPS) is 12.2. The molecule has 1 atom stereocenters. The molecule has 0 aliphatic heterocycles. The van der Waals surface area contributed by atoms with Gasteiger partial charge in [0.05, 0.1) is 13.2 Å². The Morgan fingerprint density at radius 1 is 1.53 bits per heavy atom. The molecular weight excluding hydrogens is 244 g/mol. The van der Waals surface area contributed by atoms with E-state index in [1.807, 2.05) is 19.1 Å². The Balaban J connectivity index is 2.46. The smallest absolute Gasteiger partial charge is 0.360 e. The predicted molar refractivity (Wildman–Crippen MR) is 70.8 cm³/mol. The van der Waals surface area contributed by atoms with Crippen LogP contribution in [-0.4, -0.2) is 27.6 Å². The zero-order valence-corrected chi connectivity index (χ0v) is 11.1. The van der Waals surface area contributed by atoms with Crippen molar-refractivity contribution in [3.63, 3.8) is 0 Å². The summed E-state index contributed by atoms with van der Waals surface area (Å²) in [5.74, 6) is 0.438. The fraction of sp³-hybridized carbons (Fsp3) is 0.308. The van der Waals surface area contributed by atoms with Crippen LogP contribution in [0.2, 0.25) is 0 Å². The van der Waals surface area contributed by atoms with Crippen LogP contribution in [0, 0.1) is 6.92 Å². The SMILES string of the molecule is COC(=O)c1nc(C)n(C(C)c2cccnc2)c1N. The van der Waals surface area contributed by atoms with Crippen LogP contribution in [0.3, 0.4) is 0 Å². The van der Waals surface area contributed by atoms with E-state index in [0.29, 0.717) is 11.6 Å². The molecule has 0 aromatic carbocycles. The summed E-state index contributed by atoms with van der Waals surface area (Å²) in [6.45, 7) is 3.78. The van der Waals surface area contributed by atoms with E-state index in [9.17, 15) is 4.79 Å². The van der Waals surface area contributed by atoms with Gasteiger partial charge in [0.2, 0.25) is 0 Å². The maximum Gasteiger partial charge on any atom is 0.360 e. The largest absolute Gasteiger partial charge is 0.464 e. The molecule has 0 bridgehead atoms. The fourth-order valence-corrected chi connectivity index (χ4v) is 2.07. The van der Waals surface area contributed by atoms with Crippen molar-refractivity contribution in [1.82, 2.24) is 14.5 Å². The van der Waals surface area contributed by atoms with Crippen molar-refractivity contribution in [3.8, 4) is 0 Å². The standard InChI is InChI=1S/C13H16N4O2/c1-8(10-5-4-6-15-7-10)17-9(2)16-11(12(17)14)13(18)19-3/h4-8H,14H2,1-3H3. The molecule has 6 heteroatoms. The summed E-state index contributed by atoms with van der Waals surface area (Å²) in [6.07, 6.45) is 3.47. The molecule has 0 spiro atoms. The number of rotatable bonds is 3. The van der Waals surface area contributed by atoms with E-state index in [-0.39, 0.29) is 11.7 Å². The second kappa shape index (κ2) is 5.09. The molecular formula is C13H16N4O2. The predicted octanol–water partition coefficient (Wildman–Crippen LogP) is 1.56. The summed E-state index contributed by atoms with van der Waals surface area (Å²) < 4.78 is 6.46. The Bertz CT molecular complexity index is 592. The van der Waals surface area contributed by atoms with Gasteiger partial charge in [-0.05, 0) is 25.5 Å². The van der Waals surface area contributed by atoms with E-state index in [1.165, 1.54) is 7.11 Å². The summed E-state index contributed by atoms with van der Waals surface area (Å²) in [5, 5.41) is 0. The highest BCUT2D eigenvalue weighted by molar-refractivity contribution is 5.92. The number of carbonyl (C=O) groups excluding carboxylic acids is 1. The number of hydrogen-bond acceptors (Lipinski definition) is 5. The summed E-state index contributed by atoms with van der Waals surface area (Å²) in [5.41, 5.74) is 7.14. The lowest BCUT2D eigenvalue weighted by molar-refractivity contribution is 0.0595. The summed E-state index contributed by atoms with van der Waals surface area (Å²) in [4.78, 5) is 19.8. The average Bonchev–Trinajstić information content (AvgIpc) is 2.73. The number of anilines is 1. The van der Waals surface area contributed by atoms with Gasteiger partial charge in [-0.1, -0.05) is 6.07 Å². The highest BCUT2D eigenvalue weighted by Crippen LogP contribution is 2.25. The van der Waals surface area contributed by atoms with Crippen LogP contribution in [0.15, 0.2) is 24.5 Å². The lowest BCUT2D eigenvalue weighted by Crippen LogP contribution is -2.13. The van der Waals surface area contributed by atoms with E-state index in [4.69, 9.17) is 5.73 Å². The van der Waals surface area contributed by atoms with E-state index in [2.05, 4.69) is 14.7 Å². The topological polar surface area (TPSA) is 83.0 Å². The van der Waals surface area contributed by atoms with E-state index in [0.717, 1.165) is 5.56 Å². The van der Waals surface area contributed by atoms with Gasteiger partial charge in [-0.3, -0.25) is 4.98 Å². The summed E-state index contributed by atoms with van der Waals surface area (Å²) >= 11 is 0. The quantitative estimate of drug-likeness (QED) is 0.847. The molecule has 0 aliphatic carbocycles. The number of carbonyl (C=O) groups is 1. The van der Waals surface area contributed by atoms with Gasteiger partial charge in [-0.15, -0.1) is 0 Å². The Kier molecular flexibility index (Phi) is 3.50. The van der Waals surface area contributed by atoms with Gasteiger partial charge >= 0.3 is 5.97 Å². The average molecular weight is 260 g/mol. The molecule has 0 amide bonds. The molecule has 6 nitrogen and oxygen atoms in total. The van der Waals surface area contributed by atoms with Crippen LogP contribution in [0.25, 0.3) is 0 Å². The molecule has 2 aromatic rings. The first-order valence-corrected chi connectivity index (χ1v) is 5.88. The molecule has 2 rings (SSSR count). The number of hydrogen-bond donors (Lipinski definition) is 1. The van der Waals surface area contributed by atoms with Crippen LogP contribution in [0.1, 0.15) is 34.8 Å². The Labute approximate surface area is 111 Å². The van der Waals surface area contributed by atoms with Crippen molar-refractivity contribution >= 4 is 11.8 Å². The van der Waals surface area contributed by atoms with Gasteiger partial charge in [0.25, 0.3) is 0 Å². The molecule has 0 saturated carbocycles. The molecule has 0 saturated heterocycles. The number of aryl methyl sites for hydroxylation is 1. The number of nitrogen functional groups attached to an aromatic ring is 1. The zero-order valence-electron chi connectivity index (χ0n) is 11.1. The van der Waals surface area contributed by atoms with Gasteiger partial charge < -0.3 is 15.0 Å². The van der Waals surface area contributed by atoms with Crippen molar-refractivity contribution in [3.05, 3.63) is 41.6 Å². The van der Waals surface area contributed by atoms with Crippen molar-refractivity contribution in [1.29, 1.82) is 0 Å². The monoisotopic (exact) mass is 260 g/mol. The Hall–Kier alpha value is -2.37. The number of aromatic nitrogens is 3. The van der Waals surface area contributed by atoms with E-state index in [1.54, 1.807) is 23.9 Å². The minimum atomic E-state index is -0.530. The number of imidazole rings is 1. The Morgan fingerprint density at radius 2 is 2.26 bits per heavy atom. The first-order chi connectivity index (χ1) is 9.06. The maximum atomic E-state index is 11.6. The van der Waals surface area contributed by atoms with Crippen LogP contribution >= 0.6 is 0 Å². The third kappa shape index (κ3) is 2.29. The summed E-state index contributed by atoms with van der Waals surface area (Å²) in [6, 6.07) is 3.75. The number of ether oxygens (including phenoxy) is 1. The molecule has 2 heterocycles. The molecule has 0 radical (unpaired) electrons. The molecule has 0 aliphatic rings. The minimum absolute atomic E-state index is 0.0559. The van der Waals surface area contributed by atoms with Gasteiger partial charge in [-0.25, -0.2) is 9.78 Å². The van der Waals surface area contributed by atoms with Crippen molar-refractivity contribution < 1.29 is 9.53 Å². The number of nitrogens with two attached hydrogens (primary N) is 1. The summed E-state index contributed by atoms with van der Waals surface area (Å²) in [7, 11) is 1.31. The van der Waals surface area contributed by atoms with Crippen molar-refractivity contribution in [2.75, 3.05) is 12.8 Å². The van der Waals surface area contributed by atoms with Crippen molar-refractivity contribution in [2.45, 2.75) is 19.9 Å². The van der Waals surface area contributed by atoms with Gasteiger partial charge in [0.1, 0.15) is 11.6 Å². The lowest BCUT2D eigenvalue weighted by atomic mass is 10.1.